The average Bonchev–Trinajstić information content (AvgIpc) is 2.37. The van der Waals surface area contributed by atoms with Crippen molar-refractivity contribution in [3.8, 4) is 0 Å². The summed E-state index contributed by atoms with van der Waals surface area (Å²) in [6.45, 7) is 7.63. The van der Waals surface area contributed by atoms with Crippen molar-refractivity contribution in [3.63, 3.8) is 0 Å². The van der Waals surface area contributed by atoms with E-state index in [4.69, 9.17) is 4.74 Å². The van der Waals surface area contributed by atoms with E-state index < -0.39 is 11.7 Å². The Balaban J connectivity index is 2.60. The predicted molar refractivity (Wildman–Crippen MR) is 86.4 cm³/mol. The third-order valence-corrected chi connectivity index (χ3v) is 3.07. The molecule has 0 aromatic heterocycles. The number of ether oxygens (including phenoxy) is 1. The Bertz CT molecular complexity index is 495. The van der Waals surface area contributed by atoms with Crippen molar-refractivity contribution in [2.45, 2.75) is 33.3 Å². The molecule has 1 aromatic carbocycles. The standard InChI is InChI=1S/C15H21BrN2O3/c1-5-18(12-8-6-11(16)7-9-12)13(19)10-17-14(20)21-15(2,3)4/h6-9H,5,10H2,1-4H3,(H,17,20). The second kappa shape index (κ2) is 7.45. The van der Waals surface area contributed by atoms with Crippen molar-refractivity contribution >= 4 is 33.6 Å². The van der Waals surface area contributed by atoms with Crippen LogP contribution in [0.5, 0.6) is 0 Å². The maximum Gasteiger partial charge on any atom is 0.408 e. The Labute approximate surface area is 133 Å². The molecule has 2 amide bonds. The van der Waals surface area contributed by atoms with Crippen LogP contribution in [0.25, 0.3) is 0 Å². The van der Waals surface area contributed by atoms with E-state index in [9.17, 15) is 9.59 Å². The molecule has 0 fully saturated rings. The molecule has 5 nitrogen and oxygen atoms in total. The number of hydrogen-bond acceptors (Lipinski definition) is 3. The van der Waals surface area contributed by atoms with Gasteiger partial charge in [-0.2, -0.15) is 0 Å². The van der Waals surface area contributed by atoms with Crippen LogP contribution in [-0.2, 0) is 9.53 Å². The summed E-state index contributed by atoms with van der Waals surface area (Å²) >= 11 is 3.35. The van der Waals surface area contributed by atoms with Crippen LogP contribution in [0.2, 0.25) is 0 Å². The third-order valence-electron chi connectivity index (χ3n) is 2.54. The molecular formula is C15H21BrN2O3. The van der Waals surface area contributed by atoms with E-state index in [1.165, 1.54) is 0 Å². The van der Waals surface area contributed by atoms with E-state index in [1.807, 2.05) is 31.2 Å². The monoisotopic (exact) mass is 356 g/mol. The second-order valence-electron chi connectivity index (χ2n) is 5.47. The fourth-order valence-corrected chi connectivity index (χ4v) is 1.95. The van der Waals surface area contributed by atoms with E-state index in [1.54, 1.807) is 25.7 Å². The number of nitrogens with one attached hydrogen (secondary N) is 1. The van der Waals surface area contributed by atoms with Gasteiger partial charge in [-0.3, -0.25) is 4.79 Å². The Morgan fingerprint density at radius 1 is 1.24 bits per heavy atom. The first-order valence-electron chi connectivity index (χ1n) is 6.75. The van der Waals surface area contributed by atoms with Crippen molar-refractivity contribution in [2.24, 2.45) is 0 Å². The summed E-state index contributed by atoms with van der Waals surface area (Å²) in [5, 5.41) is 2.47. The maximum absolute atomic E-state index is 12.2. The number of carbonyl (C=O) groups excluding carboxylic acids is 2. The SMILES string of the molecule is CCN(C(=O)CNC(=O)OC(C)(C)C)c1ccc(Br)cc1. The lowest BCUT2D eigenvalue weighted by Crippen LogP contribution is -2.42. The predicted octanol–water partition coefficient (Wildman–Crippen LogP) is 3.33. The van der Waals surface area contributed by atoms with Gasteiger partial charge in [-0.15, -0.1) is 0 Å². The van der Waals surface area contributed by atoms with Gasteiger partial charge in [-0.05, 0) is 52.0 Å². The summed E-state index contributed by atoms with van der Waals surface area (Å²) in [5.74, 6) is -0.189. The Kier molecular flexibility index (Phi) is 6.20. The van der Waals surface area contributed by atoms with E-state index in [0.29, 0.717) is 6.54 Å². The number of amides is 2. The molecule has 0 unspecified atom stereocenters. The molecule has 0 bridgehead atoms. The van der Waals surface area contributed by atoms with E-state index in [0.717, 1.165) is 10.2 Å². The molecule has 0 spiro atoms. The van der Waals surface area contributed by atoms with Crippen LogP contribution < -0.4 is 10.2 Å². The number of halogens is 1. The van der Waals surface area contributed by atoms with Crippen LogP contribution in [0.4, 0.5) is 10.5 Å². The van der Waals surface area contributed by atoms with Crippen molar-refractivity contribution in [2.75, 3.05) is 18.0 Å². The van der Waals surface area contributed by atoms with Gasteiger partial charge in [0.25, 0.3) is 0 Å². The van der Waals surface area contributed by atoms with Gasteiger partial charge in [-0.1, -0.05) is 15.9 Å². The quantitative estimate of drug-likeness (QED) is 0.899. The van der Waals surface area contributed by atoms with Gasteiger partial charge in [0.1, 0.15) is 12.1 Å². The molecule has 0 radical (unpaired) electrons. The maximum atomic E-state index is 12.2. The van der Waals surface area contributed by atoms with Crippen molar-refractivity contribution in [1.82, 2.24) is 5.32 Å². The average molecular weight is 357 g/mol. The molecule has 0 saturated carbocycles. The summed E-state index contributed by atoms with van der Waals surface area (Å²) < 4.78 is 6.04. The summed E-state index contributed by atoms with van der Waals surface area (Å²) in [6.07, 6.45) is -0.595. The van der Waals surface area contributed by atoms with Crippen molar-refractivity contribution < 1.29 is 14.3 Å². The Morgan fingerprint density at radius 2 is 1.81 bits per heavy atom. The highest BCUT2D eigenvalue weighted by molar-refractivity contribution is 9.10. The number of anilines is 1. The molecule has 0 atom stereocenters. The van der Waals surface area contributed by atoms with Crippen LogP contribution in [0.3, 0.4) is 0 Å². The number of benzene rings is 1. The molecule has 1 rings (SSSR count). The van der Waals surface area contributed by atoms with Gasteiger partial charge in [0.2, 0.25) is 5.91 Å². The van der Waals surface area contributed by atoms with Crippen LogP contribution >= 0.6 is 15.9 Å². The van der Waals surface area contributed by atoms with Gasteiger partial charge in [-0.25, -0.2) is 4.79 Å². The van der Waals surface area contributed by atoms with Crippen LogP contribution in [-0.4, -0.2) is 30.7 Å². The van der Waals surface area contributed by atoms with Gasteiger partial charge in [0.05, 0.1) is 0 Å². The van der Waals surface area contributed by atoms with Gasteiger partial charge in [0.15, 0.2) is 0 Å². The lowest BCUT2D eigenvalue weighted by Gasteiger charge is -2.23. The first-order chi connectivity index (χ1) is 9.73. The van der Waals surface area contributed by atoms with E-state index in [2.05, 4.69) is 21.2 Å². The van der Waals surface area contributed by atoms with E-state index >= 15 is 0 Å². The second-order valence-corrected chi connectivity index (χ2v) is 6.39. The number of nitrogens with zero attached hydrogens (tertiary/aromatic N) is 1. The molecule has 0 aliphatic rings. The number of rotatable bonds is 4. The number of hydrogen-bond donors (Lipinski definition) is 1. The van der Waals surface area contributed by atoms with Gasteiger partial charge < -0.3 is 15.0 Å². The topological polar surface area (TPSA) is 58.6 Å². The summed E-state index contributed by atoms with van der Waals surface area (Å²) in [7, 11) is 0. The first-order valence-corrected chi connectivity index (χ1v) is 7.55. The highest BCUT2D eigenvalue weighted by atomic mass is 79.9. The van der Waals surface area contributed by atoms with Crippen molar-refractivity contribution in [3.05, 3.63) is 28.7 Å². The molecular weight excluding hydrogens is 336 g/mol. The lowest BCUT2D eigenvalue weighted by molar-refractivity contribution is -0.117. The molecule has 0 heterocycles. The number of alkyl carbamates (subject to hydrolysis) is 1. The minimum atomic E-state index is -0.595. The van der Waals surface area contributed by atoms with Gasteiger partial charge >= 0.3 is 6.09 Å². The molecule has 0 saturated heterocycles. The fraction of sp³-hybridized carbons (Fsp3) is 0.467. The minimum Gasteiger partial charge on any atom is -0.444 e. The zero-order chi connectivity index (χ0) is 16.0. The minimum absolute atomic E-state index is 0.0984. The smallest absolute Gasteiger partial charge is 0.408 e. The van der Waals surface area contributed by atoms with Crippen LogP contribution in [0.1, 0.15) is 27.7 Å². The highest BCUT2D eigenvalue weighted by Crippen LogP contribution is 2.18. The molecule has 1 N–H and O–H groups in total. The number of likely N-dealkylation sites (N-methyl/N-ethyl adjacent to an activating group) is 1. The summed E-state index contributed by atoms with van der Waals surface area (Å²) in [6, 6.07) is 7.43. The molecule has 6 heteroatoms. The Hall–Kier alpha value is -1.56. The van der Waals surface area contributed by atoms with Crippen LogP contribution in [0, 0.1) is 0 Å². The largest absolute Gasteiger partial charge is 0.444 e. The Morgan fingerprint density at radius 3 is 2.29 bits per heavy atom. The van der Waals surface area contributed by atoms with Crippen LogP contribution in [0.15, 0.2) is 28.7 Å². The zero-order valence-electron chi connectivity index (χ0n) is 12.8. The molecule has 116 valence electrons. The lowest BCUT2D eigenvalue weighted by atomic mass is 10.2. The first kappa shape index (κ1) is 17.5. The molecule has 0 aliphatic heterocycles. The summed E-state index contributed by atoms with van der Waals surface area (Å²) in [4.78, 5) is 25.3. The molecule has 0 aliphatic carbocycles. The molecule has 1 aromatic rings. The number of carbonyl (C=O) groups is 2. The highest BCUT2D eigenvalue weighted by Gasteiger charge is 2.19. The van der Waals surface area contributed by atoms with Gasteiger partial charge in [0, 0.05) is 16.7 Å². The van der Waals surface area contributed by atoms with Crippen molar-refractivity contribution in [1.29, 1.82) is 0 Å². The zero-order valence-corrected chi connectivity index (χ0v) is 14.4. The fourth-order valence-electron chi connectivity index (χ4n) is 1.68. The normalized spacial score (nSPS) is 10.9. The third kappa shape index (κ3) is 6.16. The summed E-state index contributed by atoms with van der Waals surface area (Å²) in [5.41, 5.74) is 0.209. The molecule has 21 heavy (non-hydrogen) atoms. The van der Waals surface area contributed by atoms with E-state index in [-0.39, 0.29) is 12.5 Å².